The lowest BCUT2D eigenvalue weighted by Crippen LogP contribution is -2.54. The van der Waals surface area contributed by atoms with Gasteiger partial charge in [-0.2, -0.15) is 0 Å². The van der Waals surface area contributed by atoms with Gasteiger partial charge in [-0.1, -0.05) is 6.58 Å². The second-order valence-electron chi connectivity index (χ2n) is 7.69. The van der Waals surface area contributed by atoms with Crippen LogP contribution in [0.2, 0.25) is 0 Å². The van der Waals surface area contributed by atoms with Crippen molar-refractivity contribution < 1.29 is 34.0 Å². The number of aldehydes is 1. The fraction of sp³-hybridized carbons (Fsp3) is 0.750. The summed E-state index contributed by atoms with van der Waals surface area (Å²) in [5.74, 6) is -0.207. The number of nitrogens with zero attached hydrogens (tertiary/aromatic N) is 1. The molecule has 0 aromatic carbocycles. The van der Waals surface area contributed by atoms with Crippen molar-refractivity contribution in [3.05, 3.63) is 23.5 Å². The number of fused-ring (bicyclic) bond motifs is 3. The van der Waals surface area contributed by atoms with Gasteiger partial charge >= 0.3 is 0 Å². The first-order valence-electron chi connectivity index (χ1n) is 9.86. The average molecular weight is 397 g/mol. The Morgan fingerprint density at radius 1 is 1.36 bits per heavy atom. The first-order valence-corrected chi connectivity index (χ1v) is 9.86. The second kappa shape index (κ2) is 9.02. The predicted octanol–water partition coefficient (Wildman–Crippen LogP) is 1.29. The van der Waals surface area contributed by atoms with Gasteiger partial charge in [0.2, 0.25) is 0 Å². The minimum atomic E-state index is -0.586. The highest BCUT2D eigenvalue weighted by Gasteiger charge is 2.52. The van der Waals surface area contributed by atoms with E-state index in [0.717, 1.165) is 6.54 Å². The molecule has 7 atom stereocenters. The molecule has 0 aliphatic carbocycles. The van der Waals surface area contributed by atoms with E-state index in [2.05, 4.69) is 11.5 Å². The average Bonchev–Trinajstić information content (AvgIpc) is 3.06. The van der Waals surface area contributed by atoms with Crippen molar-refractivity contribution in [1.29, 1.82) is 0 Å². The Hall–Kier alpha value is -1.29. The maximum absolute atomic E-state index is 10.9. The molecule has 3 heterocycles. The van der Waals surface area contributed by atoms with Crippen LogP contribution in [-0.2, 0) is 23.7 Å². The van der Waals surface area contributed by atoms with Gasteiger partial charge in [0.15, 0.2) is 12.6 Å². The normalized spacial score (nSPS) is 37.6. The molecule has 0 aromatic rings. The van der Waals surface area contributed by atoms with Gasteiger partial charge in [-0.25, -0.2) is 0 Å². The van der Waals surface area contributed by atoms with Gasteiger partial charge in [0.25, 0.3) is 0 Å². The number of aliphatic hydroxyl groups excluding tert-OH is 2. The summed E-state index contributed by atoms with van der Waals surface area (Å²) in [6, 6.07) is 0.155. The minimum absolute atomic E-state index is 0.00420. The Labute approximate surface area is 165 Å². The van der Waals surface area contributed by atoms with Crippen LogP contribution in [0.25, 0.3) is 0 Å². The molecule has 3 rings (SSSR count). The Bertz CT molecular complexity index is 622. The second-order valence-corrected chi connectivity index (χ2v) is 7.69. The lowest BCUT2D eigenvalue weighted by atomic mass is 9.98. The fourth-order valence-electron chi connectivity index (χ4n) is 4.31. The smallest absolute Gasteiger partial charge is 0.160 e. The lowest BCUT2D eigenvalue weighted by Gasteiger charge is -2.41. The number of aliphatic hydroxyl groups is 2. The predicted molar refractivity (Wildman–Crippen MR) is 101 cm³/mol. The molecule has 0 amide bonds. The highest BCUT2D eigenvalue weighted by molar-refractivity contribution is 5.78. The standard InChI is InChI=1S/C20H31NO7/c1-11(10-23)18(24)12(2)16(5-7-22)27-17-9-15-19(13(3)26-17)28-20-14(4)25-8-6-21(15)20/h10,13-17,19-20,22,24H,1,5-9H2,2-4H3/b18-12-/t13?,14?,15?,16-,17-,19?,20?/m0/s1. The lowest BCUT2D eigenvalue weighted by molar-refractivity contribution is -0.236. The van der Waals surface area contributed by atoms with Crippen LogP contribution >= 0.6 is 0 Å². The highest BCUT2D eigenvalue weighted by atomic mass is 16.7. The maximum Gasteiger partial charge on any atom is 0.160 e. The van der Waals surface area contributed by atoms with Crippen molar-refractivity contribution in [2.24, 2.45) is 0 Å². The summed E-state index contributed by atoms with van der Waals surface area (Å²) >= 11 is 0. The molecule has 0 bridgehead atoms. The molecular weight excluding hydrogens is 366 g/mol. The number of ether oxygens (including phenoxy) is 4. The molecule has 158 valence electrons. The van der Waals surface area contributed by atoms with Crippen molar-refractivity contribution >= 4 is 6.29 Å². The first-order chi connectivity index (χ1) is 13.4. The van der Waals surface area contributed by atoms with Gasteiger partial charge in [-0.05, 0) is 26.3 Å². The van der Waals surface area contributed by atoms with Crippen molar-refractivity contribution in [1.82, 2.24) is 4.90 Å². The first kappa shape index (κ1) is 21.4. The number of carbonyl (C=O) groups is 1. The van der Waals surface area contributed by atoms with E-state index in [4.69, 9.17) is 18.9 Å². The Balaban J connectivity index is 1.73. The molecule has 3 saturated heterocycles. The highest BCUT2D eigenvalue weighted by Crippen LogP contribution is 2.38. The molecule has 0 radical (unpaired) electrons. The topological polar surface area (TPSA) is 97.7 Å². The number of hydrogen-bond donors (Lipinski definition) is 2. The molecule has 0 saturated carbocycles. The number of hydrogen-bond acceptors (Lipinski definition) is 8. The molecule has 5 unspecified atom stereocenters. The van der Waals surface area contributed by atoms with E-state index in [1.807, 2.05) is 13.8 Å². The van der Waals surface area contributed by atoms with E-state index in [0.29, 0.717) is 24.9 Å². The molecule has 0 aromatic heterocycles. The van der Waals surface area contributed by atoms with Crippen LogP contribution in [0.15, 0.2) is 23.5 Å². The molecular formula is C20H31NO7. The maximum atomic E-state index is 10.9. The van der Waals surface area contributed by atoms with E-state index >= 15 is 0 Å². The molecule has 8 nitrogen and oxygen atoms in total. The van der Waals surface area contributed by atoms with Gasteiger partial charge < -0.3 is 29.2 Å². The van der Waals surface area contributed by atoms with Crippen LogP contribution in [-0.4, -0.2) is 84.1 Å². The number of allylic oxidation sites excluding steroid dienone is 1. The largest absolute Gasteiger partial charge is 0.507 e. The summed E-state index contributed by atoms with van der Waals surface area (Å²) in [6.07, 6.45) is -0.00950. The van der Waals surface area contributed by atoms with Gasteiger partial charge in [-0.15, -0.1) is 0 Å². The third-order valence-electron chi connectivity index (χ3n) is 5.83. The molecule has 28 heavy (non-hydrogen) atoms. The number of morpholine rings is 1. The van der Waals surface area contributed by atoms with Crippen LogP contribution < -0.4 is 0 Å². The minimum Gasteiger partial charge on any atom is -0.507 e. The fourth-order valence-corrected chi connectivity index (χ4v) is 4.31. The van der Waals surface area contributed by atoms with Gasteiger partial charge in [0.05, 0.1) is 24.9 Å². The van der Waals surface area contributed by atoms with Crippen LogP contribution in [0.4, 0.5) is 0 Å². The Kier molecular flexibility index (Phi) is 6.90. The number of rotatable bonds is 7. The summed E-state index contributed by atoms with van der Waals surface area (Å²) in [7, 11) is 0. The SMILES string of the molecule is C=C(C=O)/C(O)=C(\C)[C@H](CCO)O[C@H]1CC2C(OC3C(C)OCCN23)C(C)O1. The Morgan fingerprint density at radius 2 is 2.11 bits per heavy atom. The van der Waals surface area contributed by atoms with Crippen LogP contribution in [0.1, 0.15) is 33.6 Å². The third-order valence-corrected chi connectivity index (χ3v) is 5.83. The number of carbonyl (C=O) groups excluding carboxylic acids is 1. The quantitative estimate of drug-likeness (QED) is 0.287. The summed E-state index contributed by atoms with van der Waals surface area (Å²) < 4.78 is 24.1. The monoisotopic (exact) mass is 397 g/mol. The summed E-state index contributed by atoms with van der Waals surface area (Å²) in [5.41, 5.74) is 0.432. The summed E-state index contributed by atoms with van der Waals surface area (Å²) in [5, 5.41) is 19.6. The van der Waals surface area contributed by atoms with E-state index in [9.17, 15) is 15.0 Å². The van der Waals surface area contributed by atoms with Crippen molar-refractivity contribution in [2.45, 2.75) is 76.6 Å². The molecule has 3 aliphatic heterocycles. The summed E-state index contributed by atoms with van der Waals surface area (Å²) in [6.45, 7) is 10.5. The van der Waals surface area contributed by atoms with Gasteiger partial charge in [0.1, 0.15) is 18.1 Å². The Morgan fingerprint density at radius 3 is 2.79 bits per heavy atom. The zero-order valence-electron chi connectivity index (χ0n) is 16.7. The molecule has 8 heteroatoms. The zero-order valence-corrected chi connectivity index (χ0v) is 16.7. The van der Waals surface area contributed by atoms with Crippen molar-refractivity contribution in [3.63, 3.8) is 0 Å². The van der Waals surface area contributed by atoms with E-state index in [-0.39, 0.29) is 54.9 Å². The van der Waals surface area contributed by atoms with E-state index in [1.165, 1.54) is 0 Å². The van der Waals surface area contributed by atoms with Gasteiger partial charge in [-0.3, -0.25) is 9.69 Å². The zero-order chi connectivity index (χ0) is 20.4. The van der Waals surface area contributed by atoms with Crippen molar-refractivity contribution in [3.8, 4) is 0 Å². The third kappa shape index (κ3) is 4.17. The van der Waals surface area contributed by atoms with Crippen LogP contribution in [0.5, 0.6) is 0 Å². The van der Waals surface area contributed by atoms with E-state index in [1.54, 1.807) is 6.92 Å². The van der Waals surface area contributed by atoms with Gasteiger partial charge in [0, 0.05) is 37.6 Å². The van der Waals surface area contributed by atoms with E-state index < -0.39 is 12.4 Å². The molecule has 3 aliphatic rings. The van der Waals surface area contributed by atoms with Crippen LogP contribution in [0.3, 0.4) is 0 Å². The molecule has 3 fully saturated rings. The van der Waals surface area contributed by atoms with Crippen LogP contribution in [0, 0.1) is 0 Å². The van der Waals surface area contributed by atoms with Crippen molar-refractivity contribution in [2.75, 3.05) is 19.8 Å². The summed E-state index contributed by atoms with van der Waals surface area (Å²) in [4.78, 5) is 13.2. The molecule has 2 N–H and O–H groups in total. The molecule has 0 spiro atoms.